The summed E-state index contributed by atoms with van der Waals surface area (Å²) in [5.41, 5.74) is 3.26. The van der Waals surface area contributed by atoms with Crippen molar-refractivity contribution in [2.24, 2.45) is 17.3 Å². The van der Waals surface area contributed by atoms with Gasteiger partial charge in [0, 0.05) is 5.69 Å². The maximum Gasteiger partial charge on any atom is 0.494 e. The van der Waals surface area contributed by atoms with E-state index in [1.807, 2.05) is 45.9 Å². The first-order chi connectivity index (χ1) is 17.7. The van der Waals surface area contributed by atoms with Crippen molar-refractivity contribution < 1.29 is 22.5 Å². The number of hydrogen-bond donors (Lipinski definition) is 2. The fourth-order valence-electron chi connectivity index (χ4n) is 6.83. The maximum absolute atomic E-state index is 13.0. The number of anilines is 1. The largest absolute Gasteiger partial charge is 0.494 e. The van der Waals surface area contributed by atoms with Gasteiger partial charge in [-0.2, -0.15) is 0 Å². The second kappa shape index (κ2) is 9.38. The highest BCUT2D eigenvalue weighted by molar-refractivity contribution is 7.90. The van der Waals surface area contributed by atoms with Gasteiger partial charge in [0.1, 0.15) is 0 Å². The van der Waals surface area contributed by atoms with Crippen LogP contribution in [0.3, 0.4) is 0 Å². The SMILES string of the molecule is CC(C)c1cccc(C(C)C)c1NC(=O)NS(=O)(=O)c1ccc(B2OC3C[C@@H]4C[C@H](C4(C)C)[C@]3(C)O2)cc1. The highest BCUT2D eigenvalue weighted by Crippen LogP contribution is 2.65. The summed E-state index contributed by atoms with van der Waals surface area (Å²) in [4.78, 5) is 12.9. The van der Waals surface area contributed by atoms with Gasteiger partial charge in [-0.1, -0.05) is 71.9 Å². The molecule has 7 nitrogen and oxygen atoms in total. The van der Waals surface area contributed by atoms with E-state index in [-0.39, 0.29) is 33.9 Å². The molecule has 2 bridgehead atoms. The minimum Gasteiger partial charge on any atom is -0.402 e. The van der Waals surface area contributed by atoms with Gasteiger partial charge in [-0.25, -0.2) is 17.9 Å². The van der Waals surface area contributed by atoms with Crippen molar-refractivity contribution in [2.45, 2.75) is 89.7 Å². The summed E-state index contributed by atoms with van der Waals surface area (Å²) in [7, 11) is -4.61. The van der Waals surface area contributed by atoms with Crippen molar-refractivity contribution in [1.82, 2.24) is 4.72 Å². The standard InChI is InChI=1S/C29H39BN2O5S/c1-17(2)22-9-8-10-23(18(3)4)26(22)31-27(33)32-38(34,35)21-13-11-20(12-14-21)30-36-25-16-19-15-24(28(19,5)6)29(25,7)37-30/h8-14,17-19,24-25H,15-16H2,1-7H3,(H2,31,32,33)/t19-,24+,25?,29-/m0/s1. The number of amides is 2. The van der Waals surface area contributed by atoms with Crippen LogP contribution in [-0.4, -0.2) is 33.3 Å². The number of para-hydroxylation sites is 1. The molecule has 3 aliphatic carbocycles. The van der Waals surface area contributed by atoms with E-state index < -0.39 is 23.2 Å². The van der Waals surface area contributed by atoms with E-state index in [1.165, 1.54) is 18.6 Å². The topological polar surface area (TPSA) is 93.7 Å². The average Bonchev–Trinajstić information content (AvgIpc) is 3.20. The Morgan fingerprint density at radius 3 is 2.13 bits per heavy atom. The molecule has 1 aliphatic heterocycles. The molecule has 6 rings (SSSR count). The van der Waals surface area contributed by atoms with Crippen molar-refractivity contribution in [1.29, 1.82) is 0 Å². The van der Waals surface area contributed by atoms with E-state index >= 15 is 0 Å². The van der Waals surface area contributed by atoms with Gasteiger partial charge in [0.25, 0.3) is 10.0 Å². The van der Waals surface area contributed by atoms with Gasteiger partial charge in [-0.3, -0.25) is 0 Å². The molecule has 1 unspecified atom stereocenters. The van der Waals surface area contributed by atoms with Gasteiger partial charge in [-0.05, 0) is 77.6 Å². The molecule has 0 aromatic heterocycles. The predicted octanol–water partition coefficient (Wildman–Crippen LogP) is 5.38. The number of urea groups is 1. The first-order valence-corrected chi connectivity index (χ1v) is 15.1. The van der Waals surface area contributed by atoms with Gasteiger partial charge >= 0.3 is 13.1 Å². The number of benzene rings is 2. The zero-order valence-electron chi connectivity index (χ0n) is 23.4. The molecule has 2 aromatic carbocycles. The molecule has 0 spiro atoms. The van der Waals surface area contributed by atoms with Crippen LogP contribution in [0.4, 0.5) is 10.5 Å². The Hall–Kier alpha value is -2.36. The average molecular weight is 539 g/mol. The summed E-state index contributed by atoms with van der Waals surface area (Å²) < 4.78 is 41.1. The summed E-state index contributed by atoms with van der Waals surface area (Å²) >= 11 is 0. The van der Waals surface area contributed by atoms with Crippen LogP contribution in [0.25, 0.3) is 0 Å². The van der Waals surface area contributed by atoms with Gasteiger partial charge in [0.15, 0.2) is 0 Å². The molecule has 2 amide bonds. The van der Waals surface area contributed by atoms with Gasteiger partial charge in [0.2, 0.25) is 0 Å². The van der Waals surface area contributed by atoms with Crippen LogP contribution in [0.5, 0.6) is 0 Å². The first-order valence-electron chi connectivity index (χ1n) is 13.6. The lowest BCUT2D eigenvalue weighted by Gasteiger charge is -2.64. The second-order valence-corrected chi connectivity index (χ2v) is 14.2. The highest BCUT2D eigenvalue weighted by atomic mass is 32.2. The third-order valence-electron chi connectivity index (χ3n) is 9.25. The lowest BCUT2D eigenvalue weighted by atomic mass is 9.43. The molecule has 204 valence electrons. The molecule has 2 N–H and O–H groups in total. The van der Waals surface area contributed by atoms with Crippen LogP contribution in [0, 0.1) is 17.3 Å². The minimum absolute atomic E-state index is 0.00245. The fraction of sp³-hybridized carbons (Fsp3) is 0.552. The Morgan fingerprint density at radius 2 is 1.58 bits per heavy atom. The van der Waals surface area contributed by atoms with Crippen molar-refractivity contribution in [3.63, 3.8) is 0 Å². The molecule has 38 heavy (non-hydrogen) atoms. The Kier molecular flexibility index (Phi) is 6.72. The number of rotatable bonds is 6. The Bertz CT molecular complexity index is 1310. The number of nitrogens with one attached hydrogen (secondary N) is 2. The Balaban J connectivity index is 1.29. The zero-order chi connectivity index (χ0) is 27.6. The van der Waals surface area contributed by atoms with Gasteiger partial charge in [-0.15, -0.1) is 0 Å². The zero-order valence-corrected chi connectivity index (χ0v) is 24.2. The van der Waals surface area contributed by atoms with Crippen molar-refractivity contribution in [2.75, 3.05) is 5.32 Å². The maximum atomic E-state index is 13.0. The fourth-order valence-corrected chi connectivity index (χ4v) is 7.74. The molecule has 1 heterocycles. The van der Waals surface area contributed by atoms with Crippen molar-refractivity contribution in [3.05, 3.63) is 53.6 Å². The smallest absolute Gasteiger partial charge is 0.402 e. The van der Waals surface area contributed by atoms with Gasteiger partial charge in [0.05, 0.1) is 16.6 Å². The Labute approximate surface area is 227 Å². The van der Waals surface area contributed by atoms with E-state index in [0.29, 0.717) is 17.5 Å². The Morgan fingerprint density at radius 1 is 0.974 bits per heavy atom. The van der Waals surface area contributed by atoms with Crippen LogP contribution in [-0.2, 0) is 19.3 Å². The van der Waals surface area contributed by atoms with E-state index in [1.54, 1.807) is 12.1 Å². The number of carbonyl (C=O) groups is 1. The summed E-state index contributed by atoms with van der Waals surface area (Å²) in [6, 6.07) is 11.5. The van der Waals surface area contributed by atoms with Crippen LogP contribution < -0.4 is 15.5 Å². The molecule has 4 fully saturated rings. The van der Waals surface area contributed by atoms with Gasteiger partial charge < -0.3 is 14.6 Å². The van der Waals surface area contributed by atoms with Crippen molar-refractivity contribution in [3.8, 4) is 0 Å². The predicted molar refractivity (Wildman–Crippen MR) is 150 cm³/mol. The van der Waals surface area contributed by atoms with Crippen LogP contribution in [0.15, 0.2) is 47.4 Å². The number of hydrogen-bond acceptors (Lipinski definition) is 5. The van der Waals surface area contributed by atoms with E-state index in [4.69, 9.17) is 9.31 Å². The number of carbonyl (C=O) groups excluding carboxylic acids is 1. The molecule has 1 saturated heterocycles. The number of sulfonamides is 1. The molecule has 9 heteroatoms. The van der Waals surface area contributed by atoms with E-state index in [2.05, 4.69) is 30.8 Å². The summed E-state index contributed by atoms with van der Waals surface area (Å²) in [6.45, 7) is 14.9. The van der Waals surface area contributed by atoms with Crippen LogP contribution in [0.1, 0.15) is 84.3 Å². The lowest BCUT2D eigenvalue weighted by molar-refractivity contribution is -0.199. The first kappa shape index (κ1) is 27.2. The molecule has 4 atom stereocenters. The van der Waals surface area contributed by atoms with Crippen molar-refractivity contribution >= 4 is 34.3 Å². The summed E-state index contributed by atoms with van der Waals surface area (Å²) in [5.74, 6) is 1.43. The van der Waals surface area contributed by atoms with E-state index in [9.17, 15) is 13.2 Å². The third-order valence-corrected chi connectivity index (χ3v) is 10.6. The third kappa shape index (κ3) is 4.46. The van der Waals surface area contributed by atoms with Crippen LogP contribution >= 0.6 is 0 Å². The lowest BCUT2D eigenvalue weighted by Crippen LogP contribution is -2.65. The van der Waals surface area contributed by atoms with Crippen LogP contribution in [0.2, 0.25) is 0 Å². The monoisotopic (exact) mass is 538 g/mol. The quantitative estimate of drug-likeness (QED) is 0.482. The molecule has 3 saturated carbocycles. The molecular weight excluding hydrogens is 499 g/mol. The summed E-state index contributed by atoms with van der Waals surface area (Å²) in [6.07, 6.45) is 2.20. The normalized spacial score (nSPS) is 27.7. The van der Waals surface area contributed by atoms with E-state index in [0.717, 1.165) is 23.0 Å². The molecular formula is C29H39BN2O5S. The minimum atomic E-state index is -4.08. The summed E-state index contributed by atoms with van der Waals surface area (Å²) in [5, 5.41) is 2.80. The highest BCUT2D eigenvalue weighted by Gasteiger charge is 2.68. The molecule has 4 aliphatic rings. The second-order valence-electron chi connectivity index (χ2n) is 12.6. The molecule has 0 radical (unpaired) electrons. The molecule has 2 aromatic rings.